The van der Waals surface area contributed by atoms with Crippen molar-refractivity contribution in [3.8, 4) is 0 Å². The van der Waals surface area contributed by atoms with Crippen LogP contribution in [0.1, 0.15) is 16.1 Å². The van der Waals surface area contributed by atoms with Crippen LogP contribution in [0.25, 0.3) is 6.08 Å². The lowest BCUT2D eigenvalue weighted by molar-refractivity contribution is -0.904. The molecule has 0 atom stereocenters. The minimum atomic E-state index is -0.195. The summed E-state index contributed by atoms with van der Waals surface area (Å²) in [5.41, 5.74) is 0.410. The van der Waals surface area contributed by atoms with Gasteiger partial charge in [0.25, 0.3) is 0 Å². The van der Waals surface area contributed by atoms with E-state index in [1.54, 1.807) is 24.3 Å². The third kappa shape index (κ3) is 3.16. The Morgan fingerprint density at radius 2 is 2.24 bits per heavy atom. The van der Waals surface area contributed by atoms with Gasteiger partial charge in [0.2, 0.25) is 12.4 Å². The Morgan fingerprint density at radius 1 is 1.41 bits per heavy atom. The van der Waals surface area contributed by atoms with Crippen LogP contribution >= 0.6 is 22.6 Å². The molecule has 0 saturated carbocycles. The highest BCUT2D eigenvalue weighted by molar-refractivity contribution is 14.1. The molecule has 0 amide bonds. The predicted molar refractivity (Wildman–Crippen MR) is 68.6 cm³/mol. The smallest absolute Gasteiger partial charge is 0.233 e. The van der Waals surface area contributed by atoms with Crippen molar-refractivity contribution in [3.63, 3.8) is 0 Å². The van der Waals surface area contributed by atoms with Crippen LogP contribution < -0.4 is 4.73 Å². The second-order valence-corrected chi connectivity index (χ2v) is 4.38. The Kier molecular flexibility index (Phi) is 3.58. The lowest BCUT2D eigenvalue weighted by Gasteiger charge is -1.91. The molecule has 86 valence electrons. The van der Waals surface area contributed by atoms with Crippen molar-refractivity contribution in [3.05, 3.63) is 57.8 Å². The zero-order valence-corrected chi connectivity index (χ0v) is 10.9. The van der Waals surface area contributed by atoms with Crippen molar-refractivity contribution in [2.75, 3.05) is 0 Å². The van der Waals surface area contributed by atoms with E-state index in [4.69, 9.17) is 4.42 Å². The van der Waals surface area contributed by atoms with Crippen LogP contribution in [-0.4, -0.2) is 11.0 Å². The van der Waals surface area contributed by atoms with Gasteiger partial charge in [-0.15, -0.1) is 0 Å². The highest BCUT2D eigenvalue weighted by Gasteiger charge is 2.07. The molecule has 2 rings (SSSR count). The topological polar surface area (TPSA) is 54.3 Å². The SMILES string of the molecule is O=C(C=Cc1ccc(I)o1)c1ccc[n+](O)c1. The van der Waals surface area contributed by atoms with E-state index < -0.39 is 0 Å². The van der Waals surface area contributed by atoms with E-state index in [1.807, 2.05) is 6.07 Å². The molecule has 1 N–H and O–H groups in total. The van der Waals surface area contributed by atoms with Crippen LogP contribution in [0.3, 0.4) is 0 Å². The molecule has 0 saturated heterocycles. The van der Waals surface area contributed by atoms with Gasteiger partial charge in [0, 0.05) is 10.8 Å². The van der Waals surface area contributed by atoms with Crippen LogP contribution in [0.2, 0.25) is 0 Å². The van der Waals surface area contributed by atoms with Gasteiger partial charge in [-0.3, -0.25) is 10.0 Å². The summed E-state index contributed by atoms with van der Waals surface area (Å²) in [6, 6.07) is 6.82. The fourth-order valence-electron chi connectivity index (χ4n) is 1.28. The summed E-state index contributed by atoms with van der Waals surface area (Å²) in [6.45, 7) is 0. The highest BCUT2D eigenvalue weighted by atomic mass is 127. The Morgan fingerprint density at radius 3 is 2.88 bits per heavy atom. The summed E-state index contributed by atoms with van der Waals surface area (Å²) < 4.78 is 6.90. The summed E-state index contributed by atoms with van der Waals surface area (Å²) >= 11 is 2.05. The van der Waals surface area contributed by atoms with Crippen molar-refractivity contribution in [2.24, 2.45) is 0 Å². The number of aromatic nitrogens is 1. The molecule has 2 aromatic rings. The van der Waals surface area contributed by atoms with E-state index in [9.17, 15) is 10.0 Å². The normalized spacial score (nSPS) is 10.9. The summed E-state index contributed by atoms with van der Waals surface area (Å²) in [4.78, 5) is 11.7. The molecule has 5 heteroatoms. The Hall–Kier alpha value is -1.63. The van der Waals surface area contributed by atoms with Gasteiger partial charge in [-0.2, -0.15) is 0 Å². The van der Waals surface area contributed by atoms with Crippen LogP contribution in [0.15, 0.2) is 47.2 Å². The number of ketones is 1. The third-order valence-corrected chi connectivity index (χ3v) is 2.64. The first-order valence-electron chi connectivity index (χ1n) is 4.83. The van der Waals surface area contributed by atoms with Crippen molar-refractivity contribution in [1.82, 2.24) is 0 Å². The van der Waals surface area contributed by atoms with Crippen molar-refractivity contribution < 1.29 is 19.1 Å². The number of hydrogen-bond acceptors (Lipinski definition) is 3. The van der Waals surface area contributed by atoms with E-state index in [1.165, 1.54) is 18.5 Å². The zero-order valence-electron chi connectivity index (χ0n) is 8.71. The van der Waals surface area contributed by atoms with Crippen molar-refractivity contribution >= 4 is 34.5 Å². The molecule has 2 heterocycles. The van der Waals surface area contributed by atoms with Gasteiger partial charge in [-0.05, 0) is 52.9 Å². The van der Waals surface area contributed by atoms with Gasteiger partial charge in [0.05, 0.1) is 5.56 Å². The average Bonchev–Trinajstić information content (AvgIpc) is 2.72. The van der Waals surface area contributed by atoms with E-state index in [0.29, 0.717) is 11.3 Å². The first-order valence-corrected chi connectivity index (χ1v) is 5.91. The minimum Gasteiger partial charge on any atom is -0.451 e. The number of halogens is 1. The van der Waals surface area contributed by atoms with Crippen LogP contribution in [-0.2, 0) is 0 Å². The second kappa shape index (κ2) is 5.13. The van der Waals surface area contributed by atoms with Gasteiger partial charge in [-0.1, -0.05) is 0 Å². The summed E-state index contributed by atoms with van der Waals surface area (Å²) in [6.07, 6.45) is 5.79. The van der Waals surface area contributed by atoms with E-state index in [2.05, 4.69) is 22.6 Å². The molecule has 0 spiro atoms. The maximum Gasteiger partial charge on any atom is 0.233 e. The van der Waals surface area contributed by atoms with Crippen molar-refractivity contribution in [2.45, 2.75) is 0 Å². The fraction of sp³-hybridized carbons (Fsp3) is 0. The number of furan rings is 1. The number of pyridine rings is 1. The van der Waals surface area contributed by atoms with Gasteiger partial charge >= 0.3 is 0 Å². The molecule has 0 aliphatic heterocycles. The first-order chi connectivity index (χ1) is 8.15. The number of hydrogen-bond donors (Lipinski definition) is 1. The molecular weight excluding hydrogens is 333 g/mol. The third-order valence-electron chi connectivity index (χ3n) is 2.06. The van der Waals surface area contributed by atoms with Crippen LogP contribution in [0, 0.1) is 3.77 Å². The Balaban J connectivity index is 2.14. The lowest BCUT2D eigenvalue weighted by Crippen LogP contribution is -2.29. The van der Waals surface area contributed by atoms with Gasteiger partial charge in [0.1, 0.15) is 5.76 Å². The minimum absolute atomic E-state index is 0.195. The molecule has 0 aliphatic rings. The van der Waals surface area contributed by atoms with Gasteiger partial charge in [0.15, 0.2) is 9.55 Å². The number of carbonyl (C=O) groups excluding carboxylic acids is 1. The Bertz CT molecular complexity index is 575. The monoisotopic (exact) mass is 342 g/mol. The maximum absolute atomic E-state index is 11.7. The molecule has 0 fully saturated rings. The van der Waals surface area contributed by atoms with Gasteiger partial charge in [-0.25, -0.2) is 0 Å². The fourth-order valence-corrected chi connectivity index (χ4v) is 1.72. The second-order valence-electron chi connectivity index (χ2n) is 3.31. The zero-order chi connectivity index (χ0) is 12.3. The van der Waals surface area contributed by atoms with E-state index in [0.717, 1.165) is 8.50 Å². The van der Waals surface area contributed by atoms with E-state index >= 15 is 0 Å². The van der Waals surface area contributed by atoms with Crippen LogP contribution in [0.4, 0.5) is 0 Å². The predicted octanol–water partition coefficient (Wildman–Crippen LogP) is 2.31. The van der Waals surface area contributed by atoms with Gasteiger partial charge < -0.3 is 4.42 Å². The molecule has 0 aliphatic carbocycles. The van der Waals surface area contributed by atoms with Crippen LogP contribution in [0.5, 0.6) is 0 Å². The Labute approximate surface area is 111 Å². The number of allylic oxidation sites excluding steroid dienone is 1. The average molecular weight is 342 g/mol. The molecule has 17 heavy (non-hydrogen) atoms. The molecule has 2 aromatic heterocycles. The number of rotatable bonds is 3. The summed E-state index contributed by atoms with van der Waals surface area (Å²) in [7, 11) is 0. The molecule has 0 aromatic carbocycles. The lowest BCUT2D eigenvalue weighted by atomic mass is 10.2. The quantitative estimate of drug-likeness (QED) is 0.306. The van der Waals surface area contributed by atoms with Crippen molar-refractivity contribution in [1.29, 1.82) is 0 Å². The molecule has 0 radical (unpaired) electrons. The molecule has 4 nitrogen and oxygen atoms in total. The largest absolute Gasteiger partial charge is 0.451 e. The number of carbonyl (C=O) groups is 1. The molecule has 0 unspecified atom stereocenters. The first kappa shape index (κ1) is 11.8. The standard InChI is InChI=1S/C12H9INO3/c13-12-6-4-10(17-12)3-5-11(15)9-2-1-7-14(16)8-9/h1-8,16H/q+1. The summed E-state index contributed by atoms with van der Waals surface area (Å²) in [5.74, 6) is 0.426. The summed E-state index contributed by atoms with van der Waals surface area (Å²) in [5, 5.41) is 9.17. The van der Waals surface area contributed by atoms with E-state index in [-0.39, 0.29) is 5.78 Å². The highest BCUT2D eigenvalue weighted by Crippen LogP contribution is 2.11. The maximum atomic E-state index is 11.7. The number of nitrogens with zero attached hydrogens (tertiary/aromatic N) is 1. The molecular formula is C12H9INO3+. The molecule has 0 bridgehead atoms.